The van der Waals surface area contributed by atoms with Crippen molar-refractivity contribution >= 4 is 29.1 Å². The first-order valence-corrected chi connectivity index (χ1v) is 9.46. The van der Waals surface area contributed by atoms with Crippen molar-refractivity contribution in [2.45, 2.75) is 39.7 Å². The number of fused-ring (bicyclic) bond motifs is 1. The fourth-order valence-electron chi connectivity index (χ4n) is 3.54. The van der Waals surface area contributed by atoms with Gasteiger partial charge in [0.25, 0.3) is 5.91 Å². The van der Waals surface area contributed by atoms with Crippen LogP contribution >= 0.6 is 0 Å². The molecule has 6 heteroatoms. The minimum absolute atomic E-state index is 0.129. The summed E-state index contributed by atoms with van der Waals surface area (Å²) in [7, 11) is 0. The normalized spacial score (nSPS) is 14.0. The monoisotopic (exact) mass is 379 g/mol. The van der Waals surface area contributed by atoms with Crippen molar-refractivity contribution in [2.24, 2.45) is 0 Å². The summed E-state index contributed by atoms with van der Waals surface area (Å²) >= 11 is 0. The lowest BCUT2D eigenvalue weighted by Crippen LogP contribution is -2.48. The smallest absolute Gasteiger partial charge is 0.252 e. The number of carbonyl (C=O) groups is 3. The fraction of sp³-hybridized carbons (Fsp3) is 0.318. The van der Waals surface area contributed by atoms with Crippen LogP contribution in [-0.4, -0.2) is 30.3 Å². The number of amides is 3. The van der Waals surface area contributed by atoms with Crippen LogP contribution in [0.1, 0.15) is 41.8 Å². The minimum atomic E-state index is -0.664. The zero-order chi connectivity index (χ0) is 20.3. The van der Waals surface area contributed by atoms with Gasteiger partial charge >= 0.3 is 0 Å². The number of anilines is 2. The molecule has 0 saturated heterocycles. The van der Waals surface area contributed by atoms with Crippen molar-refractivity contribution in [3.63, 3.8) is 0 Å². The van der Waals surface area contributed by atoms with Crippen molar-refractivity contribution in [1.29, 1.82) is 0 Å². The van der Waals surface area contributed by atoms with Gasteiger partial charge in [-0.05, 0) is 56.0 Å². The van der Waals surface area contributed by atoms with Crippen LogP contribution in [-0.2, 0) is 16.0 Å². The van der Waals surface area contributed by atoms with Crippen LogP contribution in [0.15, 0.2) is 42.5 Å². The fourth-order valence-corrected chi connectivity index (χ4v) is 3.54. The Balaban J connectivity index is 1.75. The number of nitrogens with zero attached hydrogens (tertiary/aromatic N) is 1. The molecule has 3 rings (SSSR count). The van der Waals surface area contributed by atoms with Crippen molar-refractivity contribution in [3.05, 3.63) is 59.2 Å². The van der Waals surface area contributed by atoms with Gasteiger partial charge in [0.1, 0.15) is 6.04 Å². The van der Waals surface area contributed by atoms with E-state index in [2.05, 4.69) is 10.6 Å². The molecule has 2 aromatic carbocycles. The number of hydrogen-bond donors (Lipinski definition) is 2. The summed E-state index contributed by atoms with van der Waals surface area (Å²) in [6, 6.07) is 12.4. The number of para-hydroxylation sites is 1. The molecule has 3 amide bonds. The van der Waals surface area contributed by atoms with Crippen LogP contribution in [0.2, 0.25) is 0 Å². The highest BCUT2D eigenvalue weighted by Gasteiger charge is 2.27. The second kappa shape index (κ2) is 8.25. The molecule has 0 fully saturated rings. The van der Waals surface area contributed by atoms with E-state index < -0.39 is 6.04 Å². The summed E-state index contributed by atoms with van der Waals surface area (Å²) in [6.45, 7) is 5.54. The lowest BCUT2D eigenvalue weighted by molar-refractivity contribution is -0.120. The maximum Gasteiger partial charge on any atom is 0.252 e. The first-order valence-electron chi connectivity index (χ1n) is 9.46. The number of aryl methyl sites for hydroxylation is 1. The first-order chi connectivity index (χ1) is 13.4. The summed E-state index contributed by atoms with van der Waals surface area (Å²) in [5.41, 5.74) is 3.76. The van der Waals surface area contributed by atoms with Crippen molar-refractivity contribution in [1.82, 2.24) is 5.32 Å². The third-order valence-corrected chi connectivity index (χ3v) is 4.98. The molecule has 146 valence electrons. The highest BCUT2D eigenvalue weighted by atomic mass is 16.2. The predicted molar refractivity (Wildman–Crippen MR) is 110 cm³/mol. The van der Waals surface area contributed by atoms with Gasteiger partial charge in [0, 0.05) is 30.4 Å². The van der Waals surface area contributed by atoms with Gasteiger partial charge in [-0.25, -0.2) is 0 Å². The zero-order valence-electron chi connectivity index (χ0n) is 16.4. The molecular formula is C22H25N3O3. The second-order valence-electron chi connectivity index (χ2n) is 7.08. The quantitative estimate of drug-likeness (QED) is 0.857. The highest BCUT2D eigenvalue weighted by Crippen LogP contribution is 2.27. The Morgan fingerprint density at radius 3 is 2.57 bits per heavy atom. The van der Waals surface area contributed by atoms with Gasteiger partial charge in [0.15, 0.2) is 0 Å². The average Bonchev–Trinajstić information content (AvgIpc) is 2.68. The molecule has 0 radical (unpaired) electrons. The van der Waals surface area contributed by atoms with Crippen LogP contribution < -0.4 is 15.5 Å². The third kappa shape index (κ3) is 4.06. The first kappa shape index (κ1) is 19.6. The summed E-state index contributed by atoms with van der Waals surface area (Å²) < 4.78 is 0. The Hall–Kier alpha value is -3.15. The Labute approximate surface area is 164 Å². The topological polar surface area (TPSA) is 78.5 Å². The zero-order valence-corrected chi connectivity index (χ0v) is 16.4. The predicted octanol–water partition coefficient (Wildman–Crippen LogP) is 3.05. The molecule has 2 aromatic rings. The van der Waals surface area contributed by atoms with Crippen LogP contribution in [0, 0.1) is 6.92 Å². The number of rotatable bonds is 4. The number of hydrogen-bond acceptors (Lipinski definition) is 3. The van der Waals surface area contributed by atoms with Gasteiger partial charge < -0.3 is 15.5 Å². The Bertz CT molecular complexity index is 923. The van der Waals surface area contributed by atoms with Crippen molar-refractivity contribution < 1.29 is 14.4 Å². The largest absolute Gasteiger partial charge is 0.340 e. The molecule has 2 N–H and O–H groups in total. The second-order valence-corrected chi connectivity index (χ2v) is 7.08. The molecule has 0 saturated carbocycles. The Morgan fingerprint density at radius 2 is 1.82 bits per heavy atom. The van der Waals surface area contributed by atoms with E-state index in [4.69, 9.17) is 0 Å². The molecule has 1 heterocycles. The average molecular weight is 379 g/mol. The van der Waals surface area contributed by atoms with Gasteiger partial charge in [0.2, 0.25) is 11.8 Å². The van der Waals surface area contributed by atoms with Gasteiger partial charge in [-0.1, -0.05) is 24.3 Å². The van der Waals surface area contributed by atoms with E-state index in [-0.39, 0.29) is 17.7 Å². The van der Waals surface area contributed by atoms with E-state index >= 15 is 0 Å². The Kier molecular flexibility index (Phi) is 5.78. The van der Waals surface area contributed by atoms with Crippen LogP contribution in [0.5, 0.6) is 0 Å². The lowest BCUT2D eigenvalue weighted by atomic mass is 10.0. The van der Waals surface area contributed by atoms with Crippen LogP contribution in [0.25, 0.3) is 0 Å². The molecule has 1 atom stereocenters. The molecule has 0 bridgehead atoms. The minimum Gasteiger partial charge on any atom is -0.340 e. The molecule has 1 unspecified atom stereocenters. The van der Waals surface area contributed by atoms with Gasteiger partial charge in [-0.15, -0.1) is 0 Å². The number of benzene rings is 2. The highest BCUT2D eigenvalue weighted by molar-refractivity contribution is 6.04. The molecule has 0 spiro atoms. The molecule has 0 aliphatic carbocycles. The van der Waals surface area contributed by atoms with Crippen LogP contribution in [0.3, 0.4) is 0 Å². The molecule has 28 heavy (non-hydrogen) atoms. The Morgan fingerprint density at radius 1 is 1.07 bits per heavy atom. The van der Waals surface area contributed by atoms with Crippen molar-refractivity contribution in [2.75, 3.05) is 16.8 Å². The molecule has 1 aliphatic rings. The van der Waals surface area contributed by atoms with Crippen LogP contribution in [0.4, 0.5) is 11.4 Å². The standard InChI is InChI=1S/C22H25N3O3/c1-14-18(10-6-11-19(14)24-16(3)26)21(27)23-15(2)22(28)25-13-7-9-17-8-4-5-12-20(17)25/h4-6,8,10-12,15H,7,9,13H2,1-3H3,(H,23,27)(H,24,26). The summed E-state index contributed by atoms with van der Waals surface area (Å²) in [5, 5.41) is 5.52. The van der Waals surface area contributed by atoms with E-state index in [9.17, 15) is 14.4 Å². The molecule has 0 aromatic heterocycles. The SMILES string of the molecule is CC(=O)Nc1cccc(C(=O)NC(C)C(=O)N2CCCc3ccccc32)c1C. The third-order valence-electron chi connectivity index (χ3n) is 4.98. The van der Waals surface area contributed by atoms with Gasteiger partial charge in [-0.3, -0.25) is 14.4 Å². The lowest BCUT2D eigenvalue weighted by Gasteiger charge is -2.31. The molecular weight excluding hydrogens is 354 g/mol. The molecule has 6 nitrogen and oxygen atoms in total. The van der Waals surface area contributed by atoms with E-state index in [1.54, 1.807) is 36.9 Å². The maximum absolute atomic E-state index is 13.0. The van der Waals surface area contributed by atoms with E-state index in [1.807, 2.05) is 24.3 Å². The summed E-state index contributed by atoms with van der Waals surface area (Å²) in [5.74, 6) is -0.667. The van der Waals surface area contributed by atoms with Crippen molar-refractivity contribution in [3.8, 4) is 0 Å². The van der Waals surface area contributed by atoms with E-state index in [1.165, 1.54) is 6.92 Å². The summed E-state index contributed by atoms with van der Waals surface area (Å²) in [6.07, 6.45) is 1.86. The summed E-state index contributed by atoms with van der Waals surface area (Å²) in [4.78, 5) is 38.8. The maximum atomic E-state index is 13.0. The van der Waals surface area contributed by atoms with E-state index in [0.717, 1.165) is 24.1 Å². The number of nitrogens with one attached hydrogen (secondary N) is 2. The van der Waals surface area contributed by atoms with Gasteiger partial charge in [-0.2, -0.15) is 0 Å². The van der Waals surface area contributed by atoms with E-state index in [0.29, 0.717) is 23.4 Å². The molecule has 1 aliphatic heterocycles. The number of carbonyl (C=O) groups excluding carboxylic acids is 3. The van der Waals surface area contributed by atoms with Gasteiger partial charge in [0.05, 0.1) is 0 Å².